The van der Waals surface area contributed by atoms with Gasteiger partial charge in [-0.3, -0.25) is 19.4 Å². The van der Waals surface area contributed by atoms with Gasteiger partial charge in [0.15, 0.2) is 21.9 Å². The number of methoxy groups -OCH3 is 2. The minimum Gasteiger partial charge on any atom is -0.467 e. The summed E-state index contributed by atoms with van der Waals surface area (Å²) in [4.78, 5) is 32.0. The van der Waals surface area contributed by atoms with E-state index in [1.54, 1.807) is 14.2 Å². The SMILES string of the molecule is CC[C@@H]([C@H](CO[Si](C)(C)C(C)(C)C)N(CC(=O)OC(C)(C)C)Cc1ccccc1OCOCCOC)N(CC(=O)OC(C)(C)C)Cc1ccccc1OCOCCOC. The second-order valence-electron chi connectivity index (χ2n) is 18.1. The number of hydrogen-bond acceptors (Lipinski definition) is 13. The standard InChI is InChI=1S/C45H76N2O11Si/c1-15-37(46(30-41(48)57-43(2,3)4)28-35-20-16-18-22-39(35)54-33-52-26-24-50-11)38(32-56-59(13,14)45(8,9)10)47(31-42(49)58-44(5,6)7)29-36-21-17-19-23-40(36)55-34-53-27-25-51-12/h16-23,37-38H,15,24-34H2,1-14H3/t37-,38-/m0/s1. The number of esters is 2. The summed E-state index contributed by atoms with van der Waals surface area (Å²) in [5, 5.41) is -0.0870. The molecule has 59 heavy (non-hydrogen) atoms. The van der Waals surface area contributed by atoms with Gasteiger partial charge in [0.05, 0.1) is 46.1 Å². The Labute approximate surface area is 356 Å². The highest BCUT2D eigenvalue weighted by Gasteiger charge is 2.41. The first-order valence-corrected chi connectivity index (χ1v) is 23.6. The molecule has 0 unspecified atom stereocenters. The second kappa shape index (κ2) is 25.0. The van der Waals surface area contributed by atoms with Crippen LogP contribution in [-0.2, 0) is 55.5 Å². The molecule has 14 heteroatoms. The zero-order valence-electron chi connectivity index (χ0n) is 38.6. The van der Waals surface area contributed by atoms with Crippen LogP contribution in [0.5, 0.6) is 11.5 Å². The quantitative estimate of drug-likeness (QED) is 0.0376. The van der Waals surface area contributed by atoms with Crippen LogP contribution in [0, 0.1) is 0 Å². The molecule has 0 heterocycles. The van der Waals surface area contributed by atoms with Crippen molar-refractivity contribution < 1.29 is 51.9 Å². The fourth-order valence-electron chi connectivity index (χ4n) is 6.00. The van der Waals surface area contributed by atoms with Gasteiger partial charge in [-0.1, -0.05) is 64.1 Å². The molecule has 0 saturated heterocycles. The van der Waals surface area contributed by atoms with E-state index in [1.807, 2.05) is 90.1 Å². The van der Waals surface area contributed by atoms with Crippen molar-refractivity contribution in [1.82, 2.24) is 9.80 Å². The van der Waals surface area contributed by atoms with Crippen molar-refractivity contribution in [1.29, 1.82) is 0 Å². The third kappa shape index (κ3) is 19.9. The topological polar surface area (TPSA) is 124 Å². The normalized spacial score (nSPS) is 13.7. The summed E-state index contributed by atoms with van der Waals surface area (Å²) in [5.74, 6) is 0.511. The Morgan fingerprint density at radius 1 is 0.627 bits per heavy atom. The molecule has 2 atom stereocenters. The molecule has 0 fully saturated rings. The summed E-state index contributed by atoms with van der Waals surface area (Å²) in [6.07, 6.45) is 0.605. The van der Waals surface area contributed by atoms with Crippen LogP contribution in [0.1, 0.15) is 86.8 Å². The summed E-state index contributed by atoms with van der Waals surface area (Å²) < 4.78 is 52.7. The number of nitrogens with zero attached hydrogens (tertiary/aromatic N) is 2. The summed E-state index contributed by atoms with van der Waals surface area (Å²) in [6, 6.07) is 14.7. The largest absolute Gasteiger partial charge is 0.467 e. The van der Waals surface area contributed by atoms with E-state index in [9.17, 15) is 9.59 Å². The van der Waals surface area contributed by atoms with Gasteiger partial charge in [0.2, 0.25) is 0 Å². The zero-order valence-corrected chi connectivity index (χ0v) is 39.6. The van der Waals surface area contributed by atoms with Crippen LogP contribution in [0.4, 0.5) is 0 Å². The van der Waals surface area contributed by atoms with Crippen LogP contribution in [0.2, 0.25) is 18.1 Å². The molecule has 2 aromatic rings. The Morgan fingerprint density at radius 3 is 1.41 bits per heavy atom. The molecular weight excluding hydrogens is 773 g/mol. The van der Waals surface area contributed by atoms with Crippen LogP contribution >= 0.6 is 0 Å². The van der Waals surface area contributed by atoms with Crippen molar-refractivity contribution >= 4 is 20.3 Å². The number of para-hydroxylation sites is 2. The number of hydrogen-bond donors (Lipinski definition) is 0. The Kier molecular flexibility index (Phi) is 22.1. The maximum Gasteiger partial charge on any atom is 0.320 e. The highest BCUT2D eigenvalue weighted by molar-refractivity contribution is 6.74. The maximum atomic E-state index is 13.9. The molecule has 0 aliphatic carbocycles. The Bertz CT molecular complexity index is 1520. The smallest absolute Gasteiger partial charge is 0.320 e. The van der Waals surface area contributed by atoms with Crippen molar-refractivity contribution in [3.05, 3.63) is 59.7 Å². The van der Waals surface area contributed by atoms with E-state index >= 15 is 0 Å². The molecule has 0 aliphatic heterocycles. The molecule has 0 aliphatic rings. The molecule has 0 radical (unpaired) electrons. The van der Waals surface area contributed by atoms with Gasteiger partial charge in [-0.15, -0.1) is 0 Å². The van der Waals surface area contributed by atoms with Crippen LogP contribution in [0.25, 0.3) is 0 Å². The zero-order chi connectivity index (χ0) is 44.3. The fraction of sp³-hybridized carbons (Fsp3) is 0.689. The third-order valence-electron chi connectivity index (χ3n) is 9.88. The van der Waals surface area contributed by atoms with E-state index in [1.165, 1.54) is 0 Å². The van der Waals surface area contributed by atoms with E-state index in [2.05, 4.69) is 50.6 Å². The van der Waals surface area contributed by atoms with E-state index in [-0.39, 0.29) is 56.3 Å². The molecule has 0 N–H and O–H groups in total. The molecule has 0 spiro atoms. The highest BCUT2D eigenvalue weighted by atomic mass is 28.4. The lowest BCUT2D eigenvalue weighted by molar-refractivity contribution is -0.160. The molecule has 2 rings (SSSR count). The first-order valence-electron chi connectivity index (χ1n) is 20.7. The van der Waals surface area contributed by atoms with Gasteiger partial charge in [-0.05, 0) is 78.2 Å². The van der Waals surface area contributed by atoms with Crippen LogP contribution in [0.3, 0.4) is 0 Å². The Morgan fingerprint density at radius 2 is 1.03 bits per heavy atom. The molecule has 0 amide bonds. The number of carbonyl (C=O) groups excluding carboxylic acids is 2. The number of ether oxygens (including phenoxy) is 8. The average Bonchev–Trinajstić information content (AvgIpc) is 3.12. The fourth-order valence-corrected chi connectivity index (χ4v) is 7.02. The van der Waals surface area contributed by atoms with Crippen LogP contribution < -0.4 is 9.47 Å². The van der Waals surface area contributed by atoms with Gasteiger partial charge >= 0.3 is 11.9 Å². The van der Waals surface area contributed by atoms with Gasteiger partial charge in [0, 0.05) is 50.5 Å². The molecule has 0 saturated carbocycles. The average molecular weight is 849 g/mol. The van der Waals surface area contributed by atoms with Crippen molar-refractivity contribution in [2.75, 3.05) is 73.9 Å². The summed E-state index contributed by atoms with van der Waals surface area (Å²) in [6.45, 7) is 26.9. The number of benzene rings is 2. The second-order valence-corrected chi connectivity index (χ2v) is 22.9. The monoisotopic (exact) mass is 849 g/mol. The lowest BCUT2D eigenvalue weighted by atomic mass is 9.99. The number of rotatable bonds is 27. The van der Waals surface area contributed by atoms with Gasteiger partial charge in [-0.2, -0.15) is 0 Å². The first-order chi connectivity index (χ1) is 27.6. The third-order valence-corrected chi connectivity index (χ3v) is 14.4. The molecule has 0 bridgehead atoms. The van der Waals surface area contributed by atoms with Gasteiger partial charge in [0.25, 0.3) is 0 Å². The minimum absolute atomic E-state index is 0.0240. The molecule has 2 aromatic carbocycles. The molecule has 336 valence electrons. The summed E-state index contributed by atoms with van der Waals surface area (Å²) in [5.41, 5.74) is 0.306. The minimum atomic E-state index is -2.34. The first kappa shape index (κ1) is 52.1. The van der Waals surface area contributed by atoms with Crippen molar-refractivity contribution in [3.63, 3.8) is 0 Å². The van der Waals surface area contributed by atoms with E-state index in [0.29, 0.717) is 57.4 Å². The Hall–Kier alpha value is -3.08. The molecule has 13 nitrogen and oxygen atoms in total. The molecule has 0 aromatic heterocycles. The lowest BCUT2D eigenvalue weighted by Gasteiger charge is -2.44. The van der Waals surface area contributed by atoms with E-state index < -0.39 is 25.6 Å². The van der Waals surface area contributed by atoms with Crippen LogP contribution in [-0.4, -0.2) is 127 Å². The maximum absolute atomic E-state index is 13.9. The van der Waals surface area contributed by atoms with Gasteiger partial charge in [0.1, 0.15) is 22.7 Å². The van der Waals surface area contributed by atoms with E-state index in [4.69, 9.17) is 42.3 Å². The molecular formula is C45H76N2O11Si. The Balaban J connectivity index is 2.78. The number of carbonyl (C=O) groups is 2. The van der Waals surface area contributed by atoms with Crippen molar-refractivity contribution in [2.24, 2.45) is 0 Å². The van der Waals surface area contributed by atoms with Crippen molar-refractivity contribution in [3.8, 4) is 11.5 Å². The summed E-state index contributed by atoms with van der Waals surface area (Å²) in [7, 11) is 0.905. The van der Waals surface area contributed by atoms with E-state index in [0.717, 1.165) is 11.1 Å². The predicted octanol–water partition coefficient (Wildman–Crippen LogP) is 7.84. The van der Waals surface area contributed by atoms with Crippen LogP contribution in [0.15, 0.2) is 48.5 Å². The lowest BCUT2D eigenvalue weighted by Crippen LogP contribution is -2.57. The predicted molar refractivity (Wildman–Crippen MR) is 233 cm³/mol. The highest BCUT2D eigenvalue weighted by Crippen LogP contribution is 2.37. The van der Waals surface area contributed by atoms with Gasteiger partial charge in [-0.25, -0.2) is 0 Å². The van der Waals surface area contributed by atoms with Gasteiger partial charge < -0.3 is 42.3 Å². The van der Waals surface area contributed by atoms with Crippen molar-refractivity contribution in [2.45, 2.75) is 130 Å². The summed E-state index contributed by atoms with van der Waals surface area (Å²) >= 11 is 0.